The Morgan fingerprint density at radius 2 is 1.32 bits per heavy atom. The van der Waals surface area contributed by atoms with Crippen LogP contribution in [0, 0.1) is 34.9 Å². The average molecular weight is 362 g/mol. The lowest BCUT2D eigenvalue weighted by molar-refractivity contribution is -0.115. The number of anilines is 1. The average Bonchev–Trinajstić information content (AvgIpc) is 2.58. The molecular weight excluding hydrogens is 354 g/mol. The van der Waals surface area contributed by atoms with Crippen LogP contribution in [0.2, 0.25) is 0 Å². The molecule has 0 atom stereocenters. The van der Waals surface area contributed by atoms with Crippen LogP contribution in [-0.4, -0.2) is 18.4 Å². The minimum Gasteiger partial charge on any atom is -0.343 e. The quantitative estimate of drug-likeness (QED) is 0.649. The minimum absolute atomic E-state index is 0.518. The number of amides is 2. The van der Waals surface area contributed by atoms with Gasteiger partial charge < -0.3 is 10.6 Å². The van der Waals surface area contributed by atoms with Crippen LogP contribution >= 0.6 is 0 Å². The predicted octanol–water partition coefficient (Wildman–Crippen LogP) is 2.89. The predicted molar refractivity (Wildman–Crippen MR) is 73.6 cm³/mol. The maximum atomic E-state index is 13.4. The number of hydrogen-bond donors (Lipinski definition) is 2. The largest absolute Gasteiger partial charge is 0.343 e. The number of rotatable bonds is 4. The van der Waals surface area contributed by atoms with E-state index in [1.807, 2.05) is 10.6 Å². The van der Waals surface area contributed by atoms with E-state index in [2.05, 4.69) is 0 Å². The summed E-state index contributed by atoms with van der Waals surface area (Å²) in [4.78, 5) is 23.2. The van der Waals surface area contributed by atoms with Gasteiger partial charge in [0.25, 0.3) is 5.91 Å². The topological polar surface area (TPSA) is 58.2 Å². The number of hydrogen-bond acceptors (Lipinski definition) is 2. The van der Waals surface area contributed by atoms with Gasteiger partial charge in [0.2, 0.25) is 5.91 Å². The van der Waals surface area contributed by atoms with Gasteiger partial charge in [-0.05, 0) is 24.3 Å². The Bertz CT molecular complexity index is 856. The molecule has 0 aliphatic heterocycles. The smallest absolute Gasteiger partial charge is 0.254 e. The molecule has 0 saturated heterocycles. The van der Waals surface area contributed by atoms with Crippen molar-refractivity contribution in [2.75, 3.05) is 11.9 Å². The van der Waals surface area contributed by atoms with Gasteiger partial charge >= 0.3 is 0 Å². The van der Waals surface area contributed by atoms with Crippen LogP contribution in [0.15, 0.2) is 24.3 Å². The van der Waals surface area contributed by atoms with Gasteiger partial charge in [0.1, 0.15) is 0 Å². The van der Waals surface area contributed by atoms with Crippen LogP contribution in [0.3, 0.4) is 0 Å². The van der Waals surface area contributed by atoms with E-state index in [0.717, 1.165) is 6.07 Å². The highest BCUT2D eigenvalue weighted by Gasteiger charge is 2.20. The molecule has 0 spiro atoms. The van der Waals surface area contributed by atoms with E-state index in [1.165, 1.54) is 0 Å². The maximum absolute atomic E-state index is 13.4. The Morgan fingerprint density at radius 1 is 0.760 bits per heavy atom. The maximum Gasteiger partial charge on any atom is 0.254 e. The number of carbonyl (C=O) groups excluding carboxylic acids is 2. The first-order chi connectivity index (χ1) is 11.7. The van der Waals surface area contributed by atoms with E-state index in [1.54, 1.807) is 0 Å². The molecule has 0 heterocycles. The number of carbonyl (C=O) groups is 2. The summed E-state index contributed by atoms with van der Waals surface area (Å²) >= 11 is 0. The van der Waals surface area contributed by atoms with Gasteiger partial charge in [-0.1, -0.05) is 0 Å². The molecule has 4 nitrogen and oxygen atoms in total. The molecule has 2 amide bonds. The first-order valence-electron chi connectivity index (χ1n) is 6.57. The fourth-order valence-corrected chi connectivity index (χ4v) is 1.77. The molecule has 0 saturated carbocycles. The molecule has 0 aliphatic rings. The molecule has 0 aliphatic carbocycles. The Hall–Kier alpha value is -3.04. The van der Waals surface area contributed by atoms with Crippen molar-refractivity contribution in [3.8, 4) is 0 Å². The van der Waals surface area contributed by atoms with Gasteiger partial charge in [-0.15, -0.1) is 0 Å². The van der Waals surface area contributed by atoms with Crippen LogP contribution in [0.5, 0.6) is 0 Å². The monoisotopic (exact) mass is 362 g/mol. The standard InChI is InChI=1S/C15H8F6N2O2/c16-7-2-1-6(11(18)12(7)19)15(25)22-5-10(24)23-9-4-3-8(17)13(20)14(9)21/h1-4H,5H2,(H,22,25)(H,23,24). The van der Waals surface area contributed by atoms with E-state index in [-0.39, 0.29) is 0 Å². The summed E-state index contributed by atoms with van der Waals surface area (Å²) in [7, 11) is 0. The summed E-state index contributed by atoms with van der Waals surface area (Å²) in [6.07, 6.45) is 0. The lowest BCUT2D eigenvalue weighted by Gasteiger charge is -2.09. The highest BCUT2D eigenvalue weighted by atomic mass is 19.2. The minimum atomic E-state index is -1.86. The first kappa shape index (κ1) is 18.3. The zero-order chi connectivity index (χ0) is 18.7. The highest BCUT2D eigenvalue weighted by molar-refractivity contribution is 5.99. The molecule has 132 valence electrons. The molecule has 2 N–H and O–H groups in total. The van der Waals surface area contributed by atoms with Gasteiger partial charge in [0, 0.05) is 0 Å². The van der Waals surface area contributed by atoms with Gasteiger partial charge in [-0.3, -0.25) is 9.59 Å². The normalized spacial score (nSPS) is 10.5. The van der Waals surface area contributed by atoms with Crippen molar-refractivity contribution in [1.82, 2.24) is 5.32 Å². The fraction of sp³-hybridized carbons (Fsp3) is 0.0667. The third-order valence-electron chi connectivity index (χ3n) is 3.00. The Labute approximate surface area is 136 Å². The molecule has 0 aromatic heterocycles. The highest BCUT2D eigenvalue weighted by Crippen LogP contribution is 2.19. The lowest BCUT2D eigenvalue weighted by atomic mass is 10.2. The van der Waals surface area contributed by atoms with Crippen molar-refractivity contribution >= 4 is 17.5 Å². The molecule has 10 heteroatoms. The van der Waals surface area contributed by atoms with E-state index < -0.39 is 64.5 Å². The fourth-order valence-electron chi connectivity index (χ4n) is 1.77. The summed E-state index contributed by atoms with van der Waals surface area (Å²) in [5.74, 6) is -12.3. The van der Waals surface area contributed by atoms with Crippen LogP contribution in [0.25, 0.3) is 0 Å². The number of halogens is 6. The summed E-state index contributed by atoms with van der Waals surface area (Å²) in [5, 5.41) is 3.74. The number of nitrogens with one attached hydrogen (secondary N) is 2. The molecule has 0 fully saturated rings. The molecule has 0 radical (unpaired) electrons. The lowest BCUT2D eigenvalue weighted by Crippen LogP contribution is -2.33. The molecule has 2 rings (SSSR count). The second-order valence-corrected chi connectivity index (χ2v) is 4.68. The molecule has 25 heavy (non-hydrogen) atoms. The van der Waals surface area contributed by atoms with Crippen molar-refractivity contribution in [3.63, 3.8) is 0 Å². The second-order valence-electron chi connectivity index (χ2n) is 4.68. The Morgan fingerprint density at radius 3 is 1.96 bits per heavy atom. The van der Waals surface area contributed by atoms with Crippen molar-refractivity contribution in [3.05, 3.63) is 64.7 Å². The van der Waals surface area contributed by atoms with Crippen molar-refractivity contribution < 1.29 is 35.9 Å². The van der Waals surface area contributed by atoms with E-state index in [9.17, 15) is 35.9 Å². The van der Waals surface area contributed by atoms with Crippen LogP contribution in [-0.2, 0) is 4.79 Å². The molecular formula is C15H8F6N2O2. The summed E-state index contributed by atoms with van der Waals surface area (Å²) in [6.45, 7) is -0.824. The van der Waals surface area contributed by atoms with Crippen molar-refractivity contribution in [2.45, 2.75) is 0 Å². The van der Waals surface area contributed by atoms with Crippen molar-refractivity contribution in [2.24, 2.45) is 0 Å². The molecule has 0 bridgehead atoms. The van der Waals surface area contributed by atoms with Crippen LogP contribution in [0.1, 0.15) is 10.4 Å². The zero-order valence-corrected chi connectivity index (χ0v) is 12.1. The van der Waals surface area contributed by atoms with E-state index in [4.69, 9.17) is 0 Å². The van der Waals surface area contributed by atoms with Crippen LogP contribution < -0.4 is 10.6 Å². The number of benzene rings is 2. The van der Waals surface area contributed by atoms with Gasteiger partial charge in [-0.2, -0.15) is 0 Å². The second kappa shape index (κ2) is 7.24. The zero-order valence-electron chi connectivity index (χ0n) is 12.1. The van der Waals surface area contributed by atoms with E-state index >= 15 is 0 Å². The van der Waals surface area contributed by atoms with Gasteiger partial charge in [0.15, 0.2) is 34.9 Å². The third-order valence-corrected chi connectivity index (χ3v) is 3.00. The Kier molecular flexibility index (Phi) is 5.30. The first-order valence-corrected chi connectivity index (χ1v) is 6.57. The Balaban J connectivity index is 2.02. The van der Waals surface area contributed by atoms with Gasteiger partial charge in [0.05, 0.1) is 17.8 Å². The summed E-state index contributed by atoms with van der Waals surface area (Å²) in [6, 6.07) is 2.51. The summed E-state index contributed by atoms with van der Waals surface area (Å²) in [5.41, 5.74) is -1.54. The molecule has 0 unspecified atom stereocenters. The van der Waals surface area contributed by atoms with Crippen molar-refractivity contribution in [1.29, 1.82) is 0 Å². The molecule has 2 aromatic rings. The molecule has 2 aromatic carbocycles. The van der Waals surface area contributed by atoms with Gasteiger partial charge in [-0.25, -0.2) is 26.3 Å². The van der Waals surface area contributed by atoms with E-state index in [0.29, 0.717) is 18.2 Å². The summed E-state index contributed by atoms with van der Waals surface area (Å²) < 4.78 is 78.4. The third kappa shape index (κ3) is 3.90. The van der Waals surface area contributed by atoms with Crippen LogP contribution in [0.4, 0.5) is 32.0 Å². The SMILES string of the molecule is O=C(CNC(=O)c1ccc(F)c(F)c1F)Nc1ccc(F)c(F)c1F.